The van der Waals surface area contributed by atoms with Crippen molar-refractivity contribution in [2.24, 2.45) is 11.8 Å². The van der Waals surface area contributed by atoms with E-state index in [1.807, 2.05) is 0 Å². The van der Waals surface area contributed by atoms with Gasteiger partial charge in [-0.25, -0.2) is 13.1 Å². The second kappa shape index (κ2) is 6.03. The number of anilines is 1. The summed E-state index contributed by atoms with van der Waals surface area (Å²) >= 11 is 3.27. The summed E-state index contributed by atoms with van der Waals surface area (Å²) in [6.45, 7) is 4.41. The molecule has 0 aromatic heterocycles. The van der Waals surface area contributed by atoms with E-state index in [9.17, 15) is 8.42 Å². The fourth-order valence-corrected chi connectivity index (χ4v) is 5.05. The van der Waals surface area contributed by atoms with Gasteiger partial charge in [0.1, 0.15) is 0 Å². The van der Waals surface area contributed by atoms with E-state index in [1.165, 1.54) is 6.07 Å². The number of hydrogen-bond donors (Lipinski definition) is 2. The van der Waals surface area contributed by atoms with Gasteiger partial charge in [-0.2, -0.15) is 0 Å². The van der Waals surface area contributed by atoms with Crippen molar-refractivity contribution in [3.8, 4) is 0 Å². The van der Waals surface area contributed by atoms with E-state index in [0.717, 1.165) is 19.3 Å². The molecule has 6 heteroatoms. The molecule has 1 saturated carbocycles. The van der Waals surface area contributed by atoms with E-state index in [-0.39, 0.29) is 10.9 Å². The number of hydrogen-bond acceptors (Lipinski definition) is 3. The average molecular weight is 361 g/mol. The van der Waals surface area contributed by atoms with Crippen molar-refractivity contribution in [3.05, 3.63) is 22.7 Å². The van der Waals surface area contributed by atoms with Crippen LogP contribution in [-0.2, 0) is 10.0 Å². The first-order valence-electron chi connectivity index (χ1n) is 6.87. The zero-order valence-corrected chi connectivity index (χ0v) is 14.2. The lowest BCUT2D eigenvalue weighted by Gasteiger charge is -2.32. The molecule has 0 aliphatic heterocycles. The maximum Gasteiger partial charge on any atom is 0.241 e. The monoisotopic (exact) mass is 360 g/mol. The van der Waals surface area contributed by atoms with Crippen LogP contribution in [0, 0.1) is 11.8 Å². The van der Waals surface area contributed by atoms with E-state index < -0.39 is 10.0 Å². The predicted molar refractivity (Wildman–Crippen MR) is 84.8 cm³/mol. The summed E-state index contributed by atoms with van der Waals surface area (Å²) < 4.78 is 28.2. The minimum Gasteiger partial charge on any atom is -0.399 e. The minimum atomic E-state index is -3.50. The van der Waals surface area contributed by atoms with E-state index >= 15 is 0 Å². The lowest BCUT2D eigenvalue weighted by Crippen LogP contribution is -2.39. The predicted octanol–water partition coefficient (Wildman–Crippen LogP) is 3.13. The van der Waals surface area contributed by atoms with Crippen LogP contribution >= 0.6 is 15.9 Å². The van der Waals surface area contributed by atoms with Crippen molar-refractivity contribution in [3.63, 3.8) is 0 Å². The molecule has 3 unspecified atom stereocenters. The van der Waals surface area contributed by atoms with Gasteiger partial charge >= 0.3 is 0 Å². The molecule has 3 atom stereocenters. The van der Waals surface area contributed by atoms with Gasteiger partial charge in [-0.3, -0.25) is 0 Å². The van der Waals surface area contributed by atoms with Crippen LogP contribution in [0.5, 0.6) is 0 Å². The SMILES string of the molecule is CC1CCC(NS(=O)(=O)c2ccc(N)cc2Br)CC1C. The molecule has 1 aliphatic rings. The van der Waals surface area contributed by atoms with Crippen molar-refractivity contribution in [2.75, 3.05) is 5.73 Å². The van der Waals surface area contributed by atoms with Crippen molar-refractivity contribution in [1.82, 2.24) is 4.72 Å². The van der Waals surface area contributed by atoms with E-state index in [1.54, 1.807) is 12.1 Å². The van der Waals surface area contributed by atoms with Gasteiger partial charge < -0.3 is 5.73 Å². The maximum absolute atomic E-state index is 12.4. The number of rotatable bonds is 3. The molecule has 20 heavy (non-hydrogen) atoms. The van der Waals surface area contributed by atoms with Gasteiger partial charge in [0.25, 0.3) is 0 Å². The van der Waals surface area contributed by atoms with Gasteiger partial charge in [-0.15, -0.1) is 0 Å². The number of halogens is 1. The molecule has 112 valence electrons. The first kappa shape index (κ1) is 15.8. The Bertz CT molecular complexity index is 589. The van der Waals surface area contributed by atoms with E-state index in [4.69, 9.17) is 5.73 Å². The third kappa shape index (κ3) is 3.54. The Hall–Kier alpha value is -0.590. The zero-order valence-electron chi connectivity index (χ0n) is 11.8. The van der Waals surface area contributed by atoms with Gasteiger partial charge in [-0.05, 0) is 65.2 Å². The molecule has 3 N–H and O–H groups in total. The van der Waals surface area contributed by atoms with Crippen molar-refractivity contribution in [2.45, 2.75) is 44.0 Å². The van der Waals surface area contributed by atoms with E-state index in [2.05, 4.69) is 34.5 Å². The summed E-state index contributed by atoms with van der Waals surface area (Å²) in [5, 5.41) is 0. The van der Waals surface area contributed by atoms with Gasteiger partial charge in [0.05, 0.1) is 4.90 Å². The molecule has 1 aliphatic carbocycles. The summed E-state index contributed by atoms with van der Waals surface area (Å²) in [4.78, 5) is 0.248. The summed E-state index contributed by atoms with van der Waals surface area (Å²) in [6.07, 6.45) is 2.86. The first-order valence-corrected chi connectivity index (χ1v) is 9.14. The third-order valence-corrected chi connectivity index (χ3v) is 6.66. The molecule has 4 nitrogen and oxygen atoms in total. The van der Waals surface area contributed by atoms with Crippen LogP contribution in [0.15, 0.2) is 27.6 Å². The Morgan fingerprint density at radius 3 is 2.55 bits per heavy atom. The van der Waals surface area contributed by atoms with Crippen LogP contribution in [0.25, 0.3) is 0 Å². The highest BCUT2D eigenvalue weighted by Gasteiger charge is 2.28. The number of nitrogen functional groups attached to an aromatic ring is 1. The molecule has 1 aromatic carbocycles. The second-order valence-electron chi connectivity index (χ2n) is 5.78. The topological polar surface area (TPSA) is 72.2 Å². The fraction of sp³-hybridized carbons (Fsp3) is 0.571. The summed E-state index contributed by atoms with van der Waals surface area (Å²) in [7, 11) is -3.50. The summed E-state index contributed by atoms with van der Waals surface area (Å²) in [6, 6.07) is 4.78. The summed E-state index contributed by atoms with van der Waals surface area (Å²) in [5.41, 5.74) is 6.18. The van der Waals surface area contributed by atoms with Gasteiger partial charge in [0, 0.05) is 16.2 Å². The maximum atomic E-state index is 12.4. The number of nitrogens with two attached hydrogens (primary N) is 1. The molecule has 0 saturated heterocycles. The van der Waals surface area contributed by atoms with Crippen LogP contribution < -0.4 is 10.5 Å². The Labute approximate surface area is 129 Å². The quantitative estimate of drug-likeness (QED) is 0.813. The largest absolute Gasteiger partial charge is 0.399 e. The van der Waals surface area contributed by atoms with Gasteiger partial charge in [0.15, 0.2) is 0 Å². The second-order valence-corrected chi connectivity index (χ2v) is 8.31. The Morgan fingerprint density at radius 1 is 1.25 bits per heavy atom. The van der Waals surface area contributed by atoms with Crippen LogP contribution in [0.4, 0.5) is 5.69 Å². The number of sulfonamides is 1. The molecule has 1 aromatic rings. The summed E-state index contributed by atoms with van der Waals surface area (Å²) in [5.74, 6) is 1.21. The first-order chi connectivity index (χ1) is 9.29. The normalized spacial score (nSPS) is 27.4. The highest BCUT2D eigenvalue weighted by molar-refractivity contribution is 9.10. The molecule has 2 rings (SSSR count). The van der Waals surface area contributed by atoms with Crippen molar-refractivity contribution >= 4 is 31.6 Å². The standard InChI is InChI=1S/C14H21BrN2O2S/c1-9-3-5-12(7-10(9)2)17-20(18,19)14-6-4-11(16)8-13(14)15/h4,6,8-10,12,17H,3,5,7,16H2,1-2H3. The van der Waals surface area contributed by atoms with Gasteiger partial charge in [-0.1, -0.05) is 13.8 Å². The highest BCUT2D eigenvalue weighted by Crippen LogP contribution is 2.31. The van der Waals surface area contributed by atoms with Crippen LogP contribution in [0.1, 0.15) is 33.1 Å². The molecule has 1 fully saturated rings. The highest BCUT2D eigenvalue weighted by atomic mass is 79.9. The molecule has 0 radical (unpaired) electrons. The molecule has 0 bridgehead atoms. The van der Waals surface area contributed by atoms with Crippen molar-refractivity contribution in [1.29, 1.82) is 0 Å². The number of benzene rings is 1. The molecular formula is C14H21BrN2O2S. The number of nitrogens with one attached hydrogen (secondary N) is 1. The van der Waals surface area contributed by atoms with E-state index in [0.29, 0.717) is 22.0 Å². The molecule has 0 spiro atoms. The van der Waals surface area contributed by atoms with Crippen molar-refractivity contribution < 1.29 is 8.42 Å². The molecule has 0 heterocycles. The Morgan fingerprint density at radius 2 is 1.95 bits per heavy atom. The Kier molecular flexibility index (Phi) is 4.76. The Balaban J connectivity index is 2.15. The van der Waals surface area contributed by atoms with Crippen LogP contribution in [-0.4, -0.2) is 14.5 Å². The fourth-order valence-electron chi connectivity index (χ4n) is 2.67. The minimum absolute atomic E-state index is 0.0238. The zero-order chi connectivity index (χ0) is 14.9. The average Bonchev–Trinajstić information content (AvgIpc) is 2.33. The molecule has 0 amide bonds. The van der Waals surface area contributed by atoms with Crippen LogP contribution in [0.3, 0.4) is 0 Å². The smallest absolute Gasteiger partial charge is 0.241 e. The third-order valence-electron chi connectivity index (χ3n) is 4.17. The van der Waals surface area contributed by atoms with Gasteiger partial charge in [0.2, 0.25) is 10.0 Å². The van der Waals surface area contributed by atoms with Crippen LogP contribution in [0.2, 0.25) is 0 Å². The molecular weight excluding hydrogens is 340 g/mol. The lowest BCUT2D eigenvalue weighted by molar-refractivity contribution is 0.242. The lowest BCUT2D eigenvalue weighted by atomic mass is 9.79.